The molecule has 6 unspecified atom stereocenters. The van der Waals surface area contributed by atoms with Crippen molar-refractivity contribution < 1.29 is 15.3 Å². The number of rotatable bonds is 5. The molecular formula is C30H50O3. The van der Waals surface area contributed by atoms with Gasteiger partial charge in [-0.3, -0.25) is 0 Å². The Morgan fingerprint density at radius 3 is 2.39 bits per heavy atom. The van der Waals surface area contributed by atoms with Gasteiger partial charge in [-0.2, -0.15) is 0 Å². The van der Waals surface area contributed by atoms with E-state index in [-0.39, 0.29) is 33.7 Å². The quantitative estimate of drug-likeness (QED) is 0.417. The highest BCUT2D eigenvalue weighted by Gasteiger charge is 2.67. The van der Waals surface area contributed by atoms with Crippen LogP contribution in [0.2, 0.25) is 0 Å². The molecule has 188 valence electrons. The number of hydrogen-bond acceptors (Lipinski definition) is 3. The van der Waals surface area contributed by atoms with Crippen LogP contribution < -0.4 is 0 Å². The largest absolute Gasteiger partial charge is 0.393 e. The third-order valence-corrected chi connectivity index (χ3v) is 12.0. The topological polar surface area (TPSA) is 60.7 Å². The van der Waals surface area contributed by atoms with Crippen LogP contribution in [-0.4, -0.2) is 33.1 Å². The van der Waals surface area contributed by atoms with Crippen LogP contribution in [0, 0.1) is 39.4 Å². The number of hydrogen-bond donors (Lipinski definition) is 3. The highest BCUT2D eigenvalue weighted by atomic mass is 16.3. The van der Waals surface area contributed by atoms with E-state index in [1.54, 1.807) is 0 Å². The molecule has 0 aromatic carbocycles. The molecule has 4 aliphatic rings. The zero-order valence-corrected chi connectivity index (χ0v) is 22.4. The van der Waals surface area contributed by atoms with Gasteiger partial charge in [-0.05, 0) is 105 Å². The molecule has 0 bridgehead atoms. The fourth-order valence-corrected chi connectivity index (χ4v) is 9.57. The standard InChI is InChI=1S/C30H50O3/c1-19(2)22(31)12-18-30(8,33)21-11-16-28(6)20(21)9-10-24-27(5)15-14-25(32)26(3,4)23(27)13-17-29(24,28)7/h9,21-25,31-33H,1,10-18H2,2-8H3/t21?,22?,23?,24?,25?,27-,28+,29+,30?/m0/s1. The van der Waals surface area contributed by atoms with Gasteiger partial charge < -0.3 is 15.3 Å². The van der Waals surface area contributed by atoms with Crippen LogP contribution in [0.5, 0.6) is 0 Å². The lowest BCUT2D eigenvalue weighted by Crippen LogP contribution is -2.62. The van der Waals surface area contributed by atoms with Crippen molar-refractivity contribution in [1.82, 2.24) is 0 Å². The van der Waals surface area contributed by atoms with Crippen LogP contribution in [0.25, 0.3) is 0 Å². The fraction of sp³-hybridized carbons (Fsp3) is 0.867. The van der Waals surface area contributed by atoms with Gasteiger partial charge in [-0.25, -0.2) is 0 Å². The fourth-order valence-electron chi connectivity index (χ4n) is 9.57. The zero-order valence-electron chi connectivity index (χ0n) is 22.4. The average Bonchev–Trinajstić information content (AvgIpc) is 3.08. The van der Waals surface area contributed by atoms with Crippen LogP contribution in [-0.2, 0) is 0 Å². The summed E-state index contributed by atoms with van der Waals surface area (Å²) in [5, 5.41) is 32.7. The molecule has 0 aliphatic heterocycles. The van der Waals surface area contributed by atoms with Gasteiger partial charge in [0.2, 0.25) is 0 Å². The van der Waals surface area contributed by atoms with Crippen LogP contribution in [0.3, 0.4) is 0 Å². The van der Waals surface area contributed by atoms with Gasteiger partial charge in [0.15, 0.2) is 0 Å². The minimum atomic E-state index is -0.804. The Kier molecular flexibility index (Phi) is 6.12. The molecule has 3 saturated carbocycles. The van der Waals surface area contributed by atoms with Gasteiger partial charge in [-0.1, -0.05) is 58.4 Å². The molecular weight excluding hydrogens is 408 g/mol. The molecule has 0 heterocycles. The molecule has 3 fully saturated rings. The summed E-state index contributed by atoms with van der Waals surface area (Å²) in [4.78, 5) is 0. The van der Waals surface area contributed by atoms with Crippen molar-refractivity contribution in [2.75, 3.05) is 0 Å². The van der Waals surface area contributed by atoms with E-state index in [4.69, 9.17) is 0 Å². The van der Waals surface area contributed by atoms with Crippen molar-refractivity contribution in [3.63, 3.8) is 0 Å². The molecule has 9 atom stereocenters. The Morgan fingerprint density at radius 2 is 1.76 bits per heavy atom. The van der Waals surface area contributed by atoms with E-state index in [0.717, 1.165) is 37.7 Å². The zero-order chi connectivity index (χ0) is 24.6. The molecule has 4 aliphatic carbocycles. The van der Waals surface area contributed by atoms with Gasteiger partial charge in [0.1, 0.15) is 0 Å². The van der Waals surface area contributed by atoms with Gasteiger partial charge >= 0.3 is 0 Å². The molecule has 4 rings (SSSR count). The second kappa shape index (κ2) is 7.93. The summed E-state index contributed by atoms with van der Waals surface area (Å²) in [5.41, 5.74) is 2.04. The lowest BCUT2D eigenvalue weighted by atomic mass is 9.37. The van der Waals surface area contributed by atoms with Crippen molar-refractivity contribution in [3.05, 3.63) is 23.8 Å². The SMILES string of the molecule is C=C(C)C(O)CCC(C)(O)C1CC[C@]2(C)C1=CCC1[C@@]3(C)CCC(O)C(C)(C)C3CC[C@]12C. The Hall–Kier alpha value is -0.640. The van der Waals surface area contributed by atoms with Crippen molar-refractivity contribution in [2.45, 2.75) is 124 Å². The summed E-state index contributed by atoms with van der Waals surface area (Å²) >= 11 is 0. The molecule has 0 aromatic heterocycles. The summed E-state index contributed by atoms with van der Waals surface area (Å²) in [6.45, 7) is 19.9. The summed E-state index contributed by atoms with van der Waals surface area (Å²) in [5.74, 6) is 1.36. The Labute approximate surface area is 202 Å². The van der Waals surface area contributed by atoms with E-state index < -0.39 is 11.7 Å². The van der Waals surface area contributed by atoms with Crippen molar-refractivity contribution in [2.24, 2.45) is 39.4 Å². The molecule has 3 heteroatoms. The first kappa shape index (κ1) is 25.5. The number of fused-ring (bicyclic) bond motifs is 5. The number of aliphatic hydroxyl groups is 3. The molecule has 0 spiro atoms. The summed E-state index contributed by atoms with van der Waals surface area (Å²) in [6, 6.07) is 0. The van der Waals surface area contributed by atoms with E-state index in [1.165, 1.54) is 18.4 Å². The first-order valence-corrected chi connectivity index (χ1v) is 13.6. The number of allylic oxidation sites excluding steroid dienone is 1. The monoisotopic (exact) mass is 458 g/mol. The van der Waals surface area contributed by atoms with Crippen LogP contribution in [0.15, 0.2) is 23.8 Å². The van der Waals surface area contributed by atoms with Crippen molar-refractivity contribution in [1.29, 1.82) is 0 Å². The normalized spacial score (nSPS) is 46.9. The van der Waals surface area contributed by atoms with E-state index >= 15 is 0 Å². The van der Waals surface area contributed by atoms with E-state index in [9.17, 15) is 15.3 Å². The second-order valence-electron chi connectivity index (χ2n) is 14.0. The molecule has 0 radical (unpaired) electrons. The lowest BCUT2D eigenvalue weighted by Gasteiger charge is -2.68. The first-order valence-electron chi connectivity index (χ1n) is 13.6. The van der Waals surface area contributed by atoms with Crippen LogP contribution in [0.1, 0.15) is 106 Å². The maximum Gasteiger partial charge on any atom is 0.0745 e. The Balaban J connectivity index is 1.64. The van der Waals surface area contributed by atoms with E-state index in [0.29, 0.717) is 24.7 Å². The highest BCUT2D eigenvalue weighted by molar-refractivity contribution is 5.34. The summed E-state index contributed by atoms with van der Waals surface area (Å²) < 4.78 is 0. The molecule has 3 N–H and O–H groups in total. The lowest BCUT2D eigenvalue weighted by molar-refractivity contribution is -0.193. The smallest absolute Gasteiger partial charge is 0.0745 e. The van der Waals surface area contributed by atoms with Gasteiger partial charge in [0.05, 0.1) is 17.8 Å². The van der Waals surface area contributed by atoms with Crippen molar-refractivity contribution >= 4 is 0 Å². The highest BCUT2D eigenvalue weighted by Crippen LogP contribution is 2.74. The molecule has 0 saturated heterocycles. The van der Waals surface area contributed by atoms with E-state index in [1.807, 2.05) is 13.8 Å². The summed E-state index contributed by atoms with van der Waals surface area (Å²) in [6.07, 6.45) is 10.7. The van der Waals surface area contributed by atoms with Gasteiger partial charge in [0, 0.05) is 5.92 Å². The average molecular weight is 459 g/mol. The Morgan fingerprint density at radius 1 is 1.09 bits per heavy atom. The van der Waals surface area contributed by atoms with Crippen LogP contribution in [0.4, 0.5) is 0 Å². The maximum absolute atomic E-state index is 11.6. The maximum atomic E-state index is 11.6. The first-order chi connectivity index (χ1) is 15.1. The van der Waals surface area contributed by atoms with Crippen molar-refractivity contribution in [3.8, 4) is 0 Å². The minimum absolute atomic E-state index is 0.0226. The molecule has 0 aromatic rings. The predicted molar refractivity (Wildman–Crippen MR) is 136 cm³/mol. The minimum Gasteiger partial charge on any atom is -0.393 e. The third-order valence-electron chi connectivity index (χ3n) is 12.0. The molecule has 0 amide bonds. The van der Waals surface area contributed by atoms with Crippen LogP contribution >= 0.6 is 0 Å². The molecule has 3 nitrogen and oxygen atoms in total. The summed E-state index contributed by atoms with van der Waals surface area (Å²) in [7, 11) is 0. The van der Waals surface area contributed by atoms with Gasteiger partial charge in [-0.15, -0.1) is 0 Å². The second-order valence-corrected chi connectivity index (χ2v) is 14.0. The molecule has 33 heavy (non-hydrogen) atoms. The Bertz CT molecular complexity index is 824. The van der Waals surface area contributed by atoms with Gasteiger partial charge in [0.25, 0.3) is 0 Å². The third kappa shape index (κ3) is 3.54. The van der Waals surface area contributed by atoms with E-state index in [2.05, 4.69) is 47.3 Å². The predicted octanol–water partition coefficient (Wildman–Crippen LogP) is 6.42. The number of aliphatic hydroxyl groups excluding tert-OH is 2.